The molecule has 1 aliphatic rings. The number of hydrogen-bond donors (Lipinski definition) is 1. The Bertz CT molecular complexity index is 1320. The highest BCUT2D eigenvalue weighted by atomic mass is 32.2. The van der Waals surface area contributed by atoms with Crippen molar-refractivity contribution in [3.05, 3.63) is 95.1 Å². The molecule has 0 radical (unpaired) electrons. The van der Waals surface area contributed by atoms with Crippen molar-refractivity contribution < 1.29 is 18.0 Å². The van der Waals surface area contributed by atoms with E-state index < -0.39 is 15.9 Å². The molecule has 3 aromatic rings. The Balaban J connectivity index is 1.47. The van der Waals surface area contributed by atoms with Crippen molar-refractivity contribution in [3.8, 4) is 0 Å². The summed E-state index contributed by atoms with van der Waals surface area (Å²) < 4.78 is 28.0. The van der Waals surface area contributed by atoms with Crippen molar-refractivity contribution in [2.45, 2.75) is 24.3 Å². The highest BCUT2D eigenvalue weighted by Gasteiger charge is 2.28. The van der Waals surface area contributed by atoms with E-state index in [1.54, 1.807) is 50.5 Å². The summed E-state index contributed by atoms with van der Waals surface area (Å²) in [5, 5.41) is 2.79. The third kappa shape index (κ3) is 5.18. The first-order chi connectivity index (χ1) is 16.2. The standard InChI is InChI=1S/C26H27N3O4S/c1-28(2)25(30)16-19-10-12-23(13-11-19)27-26(31)21-8-5-9-24(17-21)34(32,33)29-15-14-20-6-3-4-7-22(20)18-29/h3-13,17H,14-16,18H2,1-2H3,(H,27,31). The van der Waals surface area contributed by atoms with Crippen molar-refractivity contribution in [3.63, 3.8) is 0 Å². The number of anilines is 1. The molecule has 4 rings (SSSR count). The molecule has 176 valence electrons. The van der Waals surface area contributed by atoms with Gasteiger partial charge in [0.05, 0.1) is 11.3 Å². The lowest BCUT2D eigenvalue weighted by Gasteiger charge is -2.28. The number of carbonyl (C=O) groups excluding carboxylic acids is 2. The minimum absolute atomic E-state index is 0.00740. The van der Waals surface area contributed by atoms with Crippen molar-refractivity contribution in [2.75, 3.05) is 26.0 Å². The van der Waals surface area contributed by atoms with Gasteiger partial charge >= 0.3 is 0 Å². The predicted octanol–water partition coefficient (Wildman–Crippen LogP) is 3.32. The molecule has 1 aliphatic heterocycles. The summed E-state index contributed by atoms with van der Waals surface area (Å²) in [6.45, 7) is 0.718. The average Bonchev–Trinajstić information content (AvgIpc) is 2.84. The van der Waals surface area contributed by atoms with Crippen LogP contribution in [0.3, 0.4) is 0 Å². The number of amides is 2. The number of hydrogen-bond acceptors (Lipinski definition) is 4. The summed E-state index contributed by atoms with van der Waals surface area (Å²) in [5.41, 5.74) is 3.83. The number of benzene rings is 3. The Morgan fingerprint density at radius 1 is 0.941 bits per heavy atom. The molecule has 0 fully saturated rings. The van der Waals surface area contributed by atoms with Crippen LogP contribution in [0.2, 0.25) is 0 Å². The molecule has 0 saturated carbocycles. The fourth-order valence-electron chi connectivity index (χ4n) is 3.86. The number of nitrogens with one attached hydrogen (secondary N) is 1. The second-order valence-corrected chi connectivity index (χ2v) is 10.4. The average molecular weight is 478 g/mol. The third-order valence-corrected chi connectivity index (χ3v) is 7.74. The SMILES string of the molecule is CN(C)C(=O)Cc1ccc(NC(=O)c2cccc(S(=O)(=O)N3CCc4ccccc4C3)c2)cc1. The predicted molar refractivity (Wildman–Crippen MR) is 131 cm³/mol. The van der Waals surface area contributed by atoms with Gasteiger partial charge in [-0.2, -0.15) is 4.31 Å². The topological polar surface area (TPSA) is 86.8 Å². The van der Waals surface area contributed by atoms with E-state index in [0.29, 0.717) is 25.2 Å². The summed E-state index contributed by atoms with van der Waals surface area (Å²) in [6.07, 6.45) is 0.938. The number of nitrogens with zero attached hydrogens (tertiary/aromatic N) is 2. The Kier molecular flexibility index (Phi) is 6.81. The molecule has 0 bridgehead atoms. The van der Waals surface area contributed by atoms with Crippen LogP contribution < -0.4 is 5.32 Å². The van der Waals surface area contributed by atoms with Gasteiger partial charge in [0, 0.05) is 38.4 Å². The van der Waals surface area contributed by atoms with Crippen molar-refractivity contribution >= 4 is 27.5 Å². The van der Waals surface area contributed by atoms with E-state index in [1.807, 2.05) is 24.3 Å². The van der Waals surface area contributed by atoms with Gasteiger partial charge in [0.25, 0.3) is 5.91 Å². The first-order valence-corrected chi connectivity index (χ1v) is 12.5. The van der Waals surface area contributed by atoms with E-state index in [4.69, 9.17) is 0 Å². The molecule has 34 heavy (non-hydrogen) atoms. The Hall–Kier alpha value is -3.49. The normalized spacial score (nSPS) is 13.7. The van der Waals surface area contributed by atoms with Crippen LogP contribution in [-0.4, -0.2) is 50.1 Å². The van der Waals surface area contributed by atoms with Crippen LogP contribution in [-0.2, 0) is 34.2 Å². The highest BCUT2D eigenvalue weighted by molar-refractivity contribution is 7.89. The Morgan fingerprint density at radius 3 is 2.35 bits per heavy atom. The zero-order valence-corrected chi connectivity index (χ0v) is 20.0. The summed E-state index contributed by atoms with van der Waals surface area (Å²) >= 11 is 0. The first kappa shape index (κ1) is 23.7. The number of sulfonamides is 1. The van der Waals surface area contributed by atoms with Crippen LogP contribution in [0.15, 0.2) is 77.7 Å². The zero-order chi connectivity index (χ0) is 24.3. The second kappa shape index (κ2) is 9.79. The molecule has 7 nitrogen and oxygen atoms in total. The van der Waals surface area contributed by atoms with Gasteiger partial charge in [-0.05, 0) is 53.4 Å². The molecule has 2 amide bonds. The lowest BCUT2D eigenvalue weighted by atomic mass is 10.0. The molecule has 0 atom stereocenters. The fourth-order valence-corrected chi connectivity index (χ4v) is 5.33. The number of fused-ring (bicyclic) bond motifs is 1. The van der Waals surface area contributed by atoms with E-state index in [-0.39, 0.29) is 22.8 Å². The molecule has 1 heterocycles. The second-order valence-electron chi connectivity index (χ2n) is 8.50. The number of likely N-dealkylation sites (N-methyl/N-ethyl adjacent to an activating group) is 1. The van der Waals surface area contributed by atoms with Crippen LogP contribution in [0.1, 0.15) is 27.0 Å². The summed E-state index contributed by atoms with van der Waals surface area (Å²) in [7, 11) is -0.333. The maximum Gasteiger partial charge on any atom is 0.255 e. The zero-order valence-electron chi connectivity index (χ0n) is 19.2. The van der Waals surface area contributed by atoms with Crippen molar-refractivity contribution in [1.29, 1.82) is 0 Å². The van der Waals surface area contributed by atoms with Gasteiger partial charge in [-0.1, -0.05) is 42.5 Å². The van der Waals surface area contributed by atoms with E-state index in [2.05, 4.69) is 5.32 Å². The van der Waals surface area contributed by atoms with E-state index in [9.17, 15) is 18.0 Å². The Morgan fingerprint density at radius 2 is 1.65 bits per heavy atom. The van der Waals surface area contributed by atoms with Crippen LogP contribution in [0.5, 0.6) is 0 Å². The van der Waals surface area contributed by atoms with Crippen LogP contribution >= 0.6 is 0 Å². The molecule has 3 aromatic carbocycles. The molecule has 8 heteroatoms. The molecular weight excluding hydrogens is 450 g/mol. The van der Waals surface area contributed by atoms with Gasteiger partial charge in [0.1, 0.15) is 0 Å². The molecule has 0 unspecified atom stereocenters. The lowest BCUT2D eigenvalue weighted by molar-refractivity contribution is -0.127. The Labute approximate surface area is 200 Å². The molecule has 0 aliphatic carbocycles. The third-order valence-electron chi connectivity index (χ3n) is 5.90. The number of carbonyl (C=O) groups is 2. The maximum atomic E-state index is 13.3. The van der Waals surface area contributed by atoms with Crippen molar-refractivity contribution in [1.82, 2.24) is 9.21 Å². The minimum atomic E-state index is -3.74. The molecule has 0 spiro atoms. The number of rotatable bonds is 6. The molecule has 1 N–H and O–H groups in total. The molecule has 0 aromatic heterocycles. The van der Waals surface area contributed by atoms with E-state index >= 15 is 0 Å². The summed E-state index contributed by atoms with van der Waals surface area (Å²) in [6, 6.07) is 21.0. The quantitative estimate of drug-likeness (QED) is 0.590. The largest absolute Gasteiger partial charge is 0.349 e. The van der Waals surface area contributed by atoms with Gasteiger partial charge in [-0.15, -0.1) is 0 Å². The minimum Gasteiger partial charge on any atom is -0.349 e. The fraction of sp³-hybridized carbons (Fsp3) is 0.231. The highest BCUT2D eigenvalue weighted by Crippen LogP contribution is 2.25. The van der Waals surface area contributed by atoms with Gasteiger partial charge in [0.15, 0.2) is 0 Å². The monoisotopic (exact) mass is 477 g/mol. The smallest absolute Gasteiger partial charge is 0.255 e. The lowest BCUT2D eigenvalue weighted by Crippen LogP contribution is -2.36. The van der Waals surface area contributed by atoms with Crippen LogP contribution in [0.4, 0.5) is 5.69 Å². The maximum absolute atomic E-state index is 13.3. The molecule has 0 saturated heterocycles. The van der Waals surface area contributed by atoms with Gasteiger partial charge < -0.3 is 10.2 Å². The molecular formula is C26H27N3O4S. The van der Waals surface area contributed by atoms with Crippen LogP contribution in [0, 0.1) is 0 Å². The van der Waals surface area contributed by atoms with Gasteiger partial charge in [-0.25, -0.2) is 8.42 Å². The van der Waals surface area contributed by atoms with Gasteiger partial charge in [0.2, 0.25) is 15.9 Å². The summed E-state index contributed by atoms with van der Waals surface area (Å²) in [5.74, 6) is -0.412. The first-order valence-electron chi connectivity index (χ1n) is 11.0. The van der Waals surface area contributed by atoms with E-state index in [0.717, 1.165) is 11.1 Å². The van der Waals surface area contributed by atoms with Crippen molar-refractivity contribution in [2.24, 2.45) is 0 Å². The van der Waals surface area contributed by atoms with E-state index in [1.165, 1.54) is 26.9 Å². The van der Waals surface area contributed by atoms with Crippen LogP contribution in [0.25, 0.3) is 0 Å². The van der Waals surface area contributed by atoms with Gasteiger partial charge in [-0.3, -0.25) is 9.59 Å². The summed E-state index contributed by atoms with van der Waals surface area (Å²) in [4.78, 5) is 26.3.